The van der Waals surface area contributed by atoms with E-state index in [0.717, 1.165) is 18.2 Å². The topological polar surface area (TPSA) is 65.9 Å². The Bertz CT molecular complexity index is 785. The van der Waals surface area contributed by atoms with Gasteiger partial charge in [0.25, 0.3) is 0 Å². The molecule has 0 amide bonds. The van der Waals surface area contributed by atoms with Crippen LogP contribution >= 0.6 is 0 Å². The minimum absolute atomic E-state index is 0.00840. The number of aliphatic hydroxyl groups is 1. The summed E-state index contributed by atoms with van der Waals surface area (Å²) in [5.74, 6) is -0.819. The van der Waals surface area contributed by atoms with Gasteiger partial charge in [0.1, 0.15) is 17.4 Å². The fourth-order valence-corrected chi connectivity index (χ4v) is 2.35. The lowest BCUT2D eigenvalue weighted by Gasteiger charge is -2.16. The second kappa shape index (κ2) is 10.5. The van der Waals surface area contributed by atoms with Crippen LogP contribution in [0.15, 0.2) is 47.5 Å². The molecule has 1 atom stereocenters. The predicted octanol–water partition coefficient (Wildman–Crippen LogP) is 3.35. The lowest BCUT2D eigenvalue weighted by Crippen LogP contribution is -2.39. The number of nitrogens with zero attached hydrogens (tertiary/aromatic N) is 1. The van der Waals surface area contributed by atoms with Crippen molar-refractivity contribution in [1.82, 2.24) is 10.6 Å². The molecule has 0 radical (unpaired) electrons. The van der Waals surface area contributed by atoms with E-state index in [1.54, 1.807) is 0 Å². The summed E-state index contributed by atoms with van der Waals surface area (Å²) >= 11 is 0. The first-order chi connectivity index (χ1) is 13.4. The number of hydrogen-bond donors (Lipinski definition) is 3. The van der Waals surface area contributed by atoms with Crippen LogP contribution in [0.4, 0.5) is 17.6 Å². The molecule has 1 unspecified atom stereocenters. The van der Waals surface area contributed by atoms with Crippen LogP contribution in [0.3, 0.4) is 0 Å². The number of aliphatic imine (C=N–C) groups is 1. The predicted molar refractivity (Wildman–Crippen MR) is 97.2 cm³/mol. The second-order valence-electron chi connectivity index (χ2n) is 5.78. The van der Waals surface area contributed by atoms with Gasteiger partial charge in [-0.1, -0.05) is 12.1 Å². The van der Waals surface area contributed by atoms with Crippen molar-refractivity contribution in [3.8, 4) is 5.75 Å². The van der Waals surface area contributed by atoms with E-state index in [4.69, 9.17) is 0 Å². The molecule has 0 aliphatic heterocycles. The highest BCUT2D eigenvalue weighted by Crippen LogP contribution is 2.19. The summed E-state index contributed by atoms with van der Waals surface area (Å²) in [6, 6.07) is 8.73. The van der Waals surface area contributed by atoms with Crippen molar-refractivity contribution < 1.29 is 27.4 Å². The molecule has 9 heteroatoms. The van der Waals surface area contributed by atoms with E-state index in [1.165, 1.54) is 24.3 Å². The van der Waals surface area contributed by atoms with Crippen LogP contribution in [0.5, 0.6) is 5.75 Å². The van der Waals surface area contributed by atoms with Gasteiger partial charge in [-0.15, -0.1) is 0 Å². The van der Waals surface area contributed by atoms with Crippen molar-refractivity contribution >= 4 is 5.96 Å². The lowest BCUT2D eigenvalue weighted by atomic mass is 10.1. The molecule has 2 rings (SSSR count). The number of rotatable bonds is 8. The van der Waals surface area contributed by atoms with Crippen LogP contribution in [-0.2, 0) is 6.54 Å². The van der Waals surface area contributed by atoms with E-state index in [1.807, 2.05) is 6.92 Å². The molecule has 0 aromatic heterocycles. The minimum Gasteiger partial charge on any atom is -0.435 e. The number of ether oxygens (including phenoxy) is 1. The molecule has 152 valence electrons. The van der Waals surface area contributed by atoms with Gasteiger partial charge in [0, 0.05) is 18.7 Å². The smallest absolute Gasteiger partial charge is 0.387 e. The van der Waals surface area contributed by atoms with Gasteiger partial charge in [0.05, 0.1) is 12.6 Å². The molecule has 0 spiro atoms. The maximum atomic E-state index is 13.7. The van der Waals surface area contributed by atoms with E-state index in [2.05, 4.69) is 20.4 Å². The maximum absolute atomic E-state index is 13.7. The SMILES string of the molecule is CCNC(=NCc1cc(F)ccc1F)NCC(O)c1ccc(OC(F)F)cc1. The second-order valence-corrected chi connectivity index (χ2v) is 5.78. The van der Waals surface area contributed by atoms with Crippen LogP contribution in [0.25, 0.3) is 0 Å². The van der Waals surface area contributed by atoms with Gasteiger partial charge in [-0.2, -0.15) is 8.78 Å². The highest BCUT2D eigenvalue weighted by atomic mass is 19.3. The molecule has 0 fully saturated rings. The summed E-state index contributed by atoms with van der Waals surface area (Å²) in [5, 5.41) is 16.1. The number of hydrogen-bond acceptors (Lipinski definition) is 3. The van der Waals surface area contributed by atoms with E-state index in [9.17, 15) is 22.7 Å². The number of benzene rings is 2. The van der Waals surface area contributed by atoms with Crippen LogP contribution in [0.2, 0.25) is 0 Å². The summed E-state index contributed by atoms with van der Waals surface area (Å²) in [4.78, 5) is 4.17. The molecular formula is C19H21F4N3O2. The molecular weight excluding hydrogens is 378 g/mol. The van der Waals surface area contributed by atoms with E-state index >= 15 is 0 Å². The Labute approximate surface area is 160 Å². The molecule has 0 aliphatic rings. The Kier molecular flexibility index (Phi) is 8.06. The Morgan fingerprint density at radius 1 is 1.11 bits per heavy atom. The molecule has 2 aromatic carbocycles. The third kappa shape index (κ3) is 6.73. The van der Waals surface area contributed by atoms with Crippen molar-refractivity contribution in [3.63, 3.8) is 0 Å². The number of halogens is 4. The zero-order chi connectivity index (χ0) is 20.5. The zero-order valence-electron chi connectivity index (χ0n) is 15.1. The average molecular weight is 399 g/mol. The standard InChI is InChI=1S/C19H21F4N3O2/c1-2-24-19(25-10-13-9-14(20)5-8-16(13)21)26-11-17(27)12-3-6-15(7-4-12)28-18(22)23/h3-9,17-18,27H,2,10-11H2,1H3,(H2,24,25,26). The van der Waals surface area contributed by atoms with E-state index in [-0.39, 0.29) is 24.4 Å². The largest absolute Gasteiger partial charge is 0.435 e. The molecule has 2 aromatic rings. The Morgan fingerprint density at radius 2 is 1.82 bits per heavy atom. The van der Waals surface area contributed by atoms with Crippen molar-refractivity contribution in [2.45, 2.75) is 26.2 Å². The Balaban J connectivity index is 1.97. The third-order valence-electron chi connectivity index (χ3n) is 3.71. The summed E-state index contributed by atoms with van der Waals surface area (Å²) in [6.45, 7) is -0.591. The summed E-state index contributed by atoms with van der Waals surface area (Å²) in [6.07, 6.45) is -0.949. The highest BCUT2D eigenvalue weighted by Gasteiger charge is 2.11. The van der Waals surface area contributed by atoms with E-state index in [0.29, 0.717) is 18.1 Å². The number of nitrogens with one attached hydrogen (secondary N) is 2. The summed E-state index contributed by atoms with van der Waals surface area (Å²) < 4.78 is 55.5. The van der Waals surface area contributed by atoms with Crippen molar-refractivity contribution in [3.05, 3.63) is 65.2 Å². The third-order valence-corrected chi connectivity index (χ3v) is 3.71. The number of guanidine groups is 1. The van der Waals surface area contributed by atoms with Gasteiger partial charge in [0.2, 0.25) is 0 Å². The monoisotopic (exact) mass is 399 g/mol. The fraction of sp³-hybridized carbons (Fsp3) is 0.316. The lowest BCUT2D eigenvalue weighted by molar-refractivity contribution is -0.0498. The van der Waals surface area contributed by atoms with Crippen molar-refractivity contribution in [2.24, 2.45) is 4.99 Å². The zero-order valence-corrected chi connectivity index (χ0v) is 15.1. The Hall–Kier alpha value is -2.81. The normalized spacial score (nSPS) is 12.8. The summed E-state index contributed by atoms with van der Waals surface area (Å²) in [7, 11) is 0. The minimum atomic E-state index is -2.92. The van der Waals surface area contributed by atoms with Crippen molar-refractivity contribution in [1.29, 1.82) is 0 Å². The van der Waals surface area contributed by atoms with Gasteiger partial charge < -0.3 is 20.5 Å². The van der Waals surface area contributed by atoms with Crippen LogP contribution in [-0.4, -0.2) is 30.8 Å². The molecule has 0 saturated carbocycles. The Morgan fingerprint density at radius 3 is 2.46 bits per heavy atom. The van der Waals surface area contributed by atoms with Gasteiger partial charge in [-0.05, 0) is 42.8 Å². The molecule has 28 heavy (non-hydrogen) atoms. The maximum Gasteiger partial charge on any atom is 0.387 e. The highest BCUT2D eigenvalue weighted by molar-refractivity contribution is 5.79. The molecule has 0 bridgehead atoms. The molecule has 0 aliphatic carbocycles. The van der Waals surface area contributed by atoms with Gasteiger partial charge >= 0.3 is 6.61 Å². The summed E-state index contributed by atoms with van der Waals surface area (Å²) in [5.41, 5.74) is 0.591. The van der Waals surface area contributed by atoms with Gasteiger partial charge in [-0.3, -0.25) is 0 Å². The van der Waals surface area contributed by atoms with Gasteiger partial charge in [0.15, 0.2) is 5.96 Å². The first-order valence-corrected chi connectivity index (χ1v) is 8.58. The average Bonchev–Trinajstić information content (AvgIpc) is 2.66. The fourth-order valence-electron chi connectivity index (χ4n) is 2.35. The molecule has 5 nitrogen and oxygen atoms in total. The first-order valence-electron chi connectivity index (χ1n) is 8.58. The molecule has 0 heterocycles. The van der Waals surface area contributed by atoms with Gasteiger partial charge in [-0.25, -0.2) is 13.8 Å². The van der Waals surface area contributed by atoms with Crippen LogP contribution in [0.1, 0.15) is 24.2 Å². The van der Waals surface area contributed by atoms with Crippen LogP contribution in [0, 0.1) is 11.6 Å². The number of alkyl halides is 2. The molecule has 0 saturated heterocycles. The quantitative estimate of drug-likeness (QED) is 0.362. The van der Waals surface area contributed by atoms with Crippen LogP contribution < -0.4 is 15.4 Å². The molecule has 3 N–H and O–H groups in total. The number of aliphatic hydroxyl groups excluding tert-OH is 1. The first kappa shape index (κ1) is 21.5. The van der Waals surface area contributed by atoms with Crippen molar-refractivity contribution in [2.75, 3.05) is 13.1 Å². The van der Waals surface area contributed by atoms with E-state index < -0.39 is 24.3 Å².